The first-order valence-electron chi connectivity index (χ1n) is 8.45. The van der Waals surface area contributed by atoms with E-state index in [9.17, 15) is 17.8 Å². The number of nitrogens with one attached hydrogen (secondary N) is 1. The van der Waals surface area contributed by atoms with Gasteiger partial charge in [0.2, 0.25) is 0 Å². The van der Waals surface area contributed by atoms with Gasteiger partial charge in [-0.25, -0.2) is 8.42 Å². The Morgan fingerprint density at radius 1 is 1.30 bits per heavy atom. The highest BCUT2D eigenvalue weighted by Crippen LogP contribution is 2.64. The molecule has 2 rings (SSSR count). The molecule has 2 saturated carbocycles. The SMILES string of the molecule is CC1(C)C2CC[C@@]1(CS(=O)(=O)[O-])C(=O)C2.CC[NH+](CC)CCO. The molecule has 0 spiro atoms. The minimum Gasteiger partial charge on any atom is -0.748 e. The summed E-state index contributed by atoms with van der Waals surface area (Å²) in [6, 6.07) is 0. The molecule has 0 aromatic rings. The number of Topliss-reactive ketones (excluding diaryl/α,β-unsaturated/α-hetero) is 1. The zero-order valence-corrected chi connectivity index (χ0v) is 15.5. The Kier molecular flexibility index (Phi) is 6.78. The van der Waals surface area contributed by atoms with Crippen LogP contribution in [0.1, 0.15) is 47.0 Å². The number of ketones is 1. The summed E-state index contributed by atoms with van der Waals surface area (Å²) in [4.78, 5) is 13.3. The van der Waals surface area contributed by atoms with Gasteiger partial charge in [0.05, 0.1) is 35.6 Å². The van der Waals surface area contributed by atoms with Crippen LogP contribution in [0.15, 0.2) is 0 Å². The number of aliphatic hydroxyl groups excluding tert-OH is 1. The second kappa shape index (κ2) is 7.59. The molecule has 2 aliphatic carbocycles. The fourth-order valence-electron chi connectivity index (χ4n) is 4.17. The second-order valence-electron chi connectivity index (χ2n) is 7.30. The topological polar surface area (TPSA) is 98.9 Å². The van der Waals surface area contributed by atoms with E-state index in [1.165, 1.54) is 4.90 Å². The maximum absolute atomic E-state index is 11.8. The largest absolute Gasteiger partial charge is 0.748 e. The minimum absolute atomic E-state index is 0.0248. The molecular weight excluding hydrogens is 318 g/mol. The number of hydrogen-bond acceptors (Lipinski definition) is 5. The molecule has 7 heteroatoms. The van der Waals surface area contributed by atoms with E-state index < -0.39 is 21.3 Å². The number of carbonyl (C=O) groups excluding carboxylic acids is 1. The molecule has 2 aliphatic rings. The third-order valence-corrected chi connectivity index (χ3v) is 6.87. The molecule has 0 radical (unpaired) electrons. The summed E-state index contributed by atoms with van der Waals surface area (Å²) in [5, 5.41) is 8.48. The highest BCUT2D eigenvalue weighted by atomic mass is 32.2. The summed E-state index contributed by atoms with van der Waals surface area (Å²) in [6.45, 7) is 11.6. The highest BCUT2D eigenvalue weighted by molar-refractivity contribution is 7.85. The summed E-state index contributed by atoms with van der Waals surface area (Å²) in [5.41, 5.74) is -1.22. The summed E-state index contributed by atoms with van der Waals surface area (Å²) in [5.74, 6) is -0.280. The van der Waals surface area contributed by atoms with Crippen molar-refractivity contribution in [1.82, 2.24) is 0 Å². The number of hydrogen-bond donors (Lipinski definition) is 2. The second-order valence-corrected chi connectivity index (χ2v) is 8.70. The third-order valence-electron chi connectivity index (χ3n) is 6.03. The smallest absolute Gasteiger partial charge is 0.140 e. The Hall–Kier alpha value is -0.500. The van der Waals surface area contributed by atoms with Gasteiger partial charge in [-0.2, -0.15) is 0 Å². The quantitative estimate of drug-likeness (QED) is 0.649. The molecule has 2 fully saturated rings. The van der Waals surface area contributed by atoms with Crippen molar-refractivity contribution in [2.24, 2.45) is 16.7 Å². The van der Waals surface area contributed by atoms with Gasteiger partial charge in [0, 0.05) is 11.8 Å². The fraction of sp³-hybridized carbons (Fsp3) is 0.938. The van der Waals surface area contributed by atoms with E-state index in [1.807, 2.05) is 13.8 Å². The highest BCUT2D eigenvalue weighted by Gasteiger charge is 2.64. The van der Waals surface area contributed by atoms with Gasteiger partial charge in [0.25, 0.3) is 0 Å². The van der Waals surface area contributed by atoms with Crippen molar-refractivity contribution in [2.45, 2.75) is 47.0 Å². The lowest BCUT2D eigenvalue weighted by Crippen LogP contribution is -3.11. The number of rotatable bonds is 6. The van der Waals surface area contributed by atoms with Crippen molar-refractivity contribution in [3.8, 4) is 0 Å². The Bertz CT molecular complexity index is 513. The van der Waals surface area contributed by atoms with E-state index in [2.05, 4.69) is 13.8 Å². The van der Waals surface area contributed by atoms with Gasteiger partial charge in [0.1, 0.15) is 12.3 Å². The van der Waals surface area contributed by atoms with E-state index in [0.29, 0.717) is 19.4 Å². The minimum atomic E-state index is -4.33. The lowest BCUT2D eigenvalue weighted by molar-refractivity contribution is -0.896. The molecule has 0 heterocycles. The average molecular weight is 349 g/mol. The third kappa shape index (κ3) is 4.32. The first-order valence-corrected chi connectivity index (χ1v) is 10.0. The molecule has 0 saturated heterocycles. The lowest BCUT2D eigenvalue weighted by atomic mass is 9.70. The molecule has 6 nitrogen and oxygen atoms in total. The first-order chi connectivity index (χ1) is 10.5. The monoisotopic (exact) mass is 349 g/mol. The Balaban J connectivity index is 0.000000284. The zero-order chi connectivity index (χ0) is 17.9. The molecule has 1 unspecified atom stereocenters. The molecule has 2 bridgehead atoms. The van der Waals surface area contributed by atoms with Crippen molar-refractivity contribution >= 4 is 15.9 Å². The van der Waals surface area contributed by atoms with E-state index in [4.69, 9.17) is 5.11 Å². The number of aliphatic hydroxyl groups is 1. The van der Waals surface area contributed by atoms with Crippen molar-refractivity contribution in [1.29, 1.82) is 0 Å². The van der Waals surface area contributed by atoms with Crippen molar-refractivity contribution < 1.29 is 27.8 Å². The number of quaternary nitrogens is 1. The first kappa shape index (κ1) is 20.5. The van der Waals surface area contributed by atoms with Crippen LogP contribution in [0.5, 0.6) is 0 Å². The van der Waals surface area contributed by atoms with Crippen LogP contribution in [-0.4, -0.2) is 55.9 Å². The van der Waals surface area contributed by atoms with Crippen LogP contribution in [0.3, 0.4) is 0 Å². The molecule has 136 valence electrons. The number of carbonyl (C=O) groups is 1. The van der Waals surface area contributed by atoms with Crippen molar-refractivity contribution in [3.63, 3.8) is 0 Å². The van der Waals surface area contributed by atoms with Crippen LogP contribution in [0.2, 0.25) is 0 Å². The molecule has 23 heavy (non-hydrogen) atoms. The zero-order valence-electron chi connectivity index (χ0n) is 14.7. The maximum Gasteiger partial charge on any atom is 0.140 e. The predicted octanol–water partition coefficient (Wildman–Crippen LogP) is -0.170. The van der Waals surface area contributed by atoms with Gasteiger partial charge < -0.3 is 14.6 Å². The fourth-order valence-corrected chi connectivity index (χ4v) is 5.45. The Labute approximate surface area is 140 Å². The van der Waals surface area contributed by atoms with Crippen LogP contribution >= 0.6 is 0 Å². The van der Waals surface area contributed by atoms with Gasteiger partial charge in [-0.05, 0) is 38.0 Å². The van der Waals surface area contributed by atoms with E-state index in [-0.39, 0.29) is 17.1 Å². The van der Waals surface area contributed by atoms with Crippen LogP contribution in [0, 0.1) is 16.7 Å². The standard InChI is InChI=1S/C10H16O4S.C6H15NO/c1-9(2)7-3-4-10(9,8(11)5-7)6-15(12,13)14;1-3-7(4-2)5-6-8/h7H,3-6H2,1-2H3,(H,12,13,14);8H,3-6H2,1-2H3/t7?,10-;/m1./s1. The molecule has 0 aliphatic heterocycles. The van der Waals surface area contributed by atoms with Gasteiger partial charge in [-0.3, -0.25) is 4.79 Å². The van der Waals surface area contributed by atoms with E-state index >= 15 is 0 Å². The van der Waals surface area contributed by atoms with Gasteiger partial charge in [-0.15, -0.1) is 0 Å². The maximum atomic E-state index is 11.8. The van der Waals surface area contributed by atoms with Crippen LogP contribution in [-0.2, 0) is 14.9 Å². The van der Waals surface area contributed by atoms with E-state index in [1.54, 1.807) is 0 Å². The normalized spacial score (nSPS) is 28.8. The van der Waals surface area contributed by atoms with Crippen LogP contribution in [0.25, 0.3) is 0 Å². The predicted molar refractivity (Wildman–Crippen MR) is 87.1 cm³/mol. The average Bonchev–Trinajstić information content (AvgIpc) is 2.77. The molecular formula is C16H31NO5S. The van der Waals surface area contributed by atoms with Gasteiger partial charge >= 0.3 is 0 Å². The Morgan fingerprint density at radius 2 is 1.87 bits per heavy atom. The van der Waals surface area contributed by atoms with Gasteiger partial charge in [0.15, 0.2) is 0 Å². The molecule has 0 aromatic heterocycles. The summed E-state index contributed by atoms with van der Waals surface area (Å²) in [6.07, 6.45) is 1.88. The van der Waals surface area contributed by atoms with E-state index in [0.717, 1.165) is 26.1 Å². The summed E-state index contributed by atoms with van der Waals surface area (Å²) in [7, 11) is -4.33. The van der Waals surface area contributed by atoms with Crippen LogP contribution in [0.4, 0.5) is 0 Å². The number of fused-ring (bicyclic) bond motifs is 2. The van der Waals surface area contributed by atoms with Gasteiger partial charge in [-0.1, -0.05) is 13.8 Å². The molecule has 2 atom stereocenters. The Morgan fingerprint density at radius 3 is 2.13 bits per heavy atom. The number of likely N-dealkylation sites (N-methyl/N-ethyl adjacent to an activating group) is 1. The summed E-state index contributed by atoms with van der Waals surface area (Å²) >= 11 is 0. The lowest BCUT2D eigenvalue weighted by Gasteiger charge is -2.37. The summed E-state index contributed by atoms with van der Waals surface area (Å²) < 4.78 is 32.7. The molecule has 2 N–H and O–H groups in total. The van der Waals surface area contributed by atoms with Crippen LogP contribution < -0.4 is 4.90 Å². The molecule has 0 aromatic carbocycles. The van der Waals surface area contributed by atoms with Crippen molar-refractivity contribution in [3.05, 3.63) is 0 Å². The molecule has 0 amide bonds. The van der Waals surface area contributed by atoms with Crippen molar-refractivity contribution in [2.75, 3.05) is 32.0 Å².